The van der Waals surface area contributed by atoms with Crippen molar-refractivity contribution in [3.05, 3.63) is 62.5 Å². The standard InChI is InChI=1S/C16H11F3INO2/c17-11-5-10-8-21(15(22)14(10)13(20)6-11)7-9-1-3-12(4-2-9)23-16(18)19/h1-6,16H,7-8H2. The Morgan fingerprint density at radius 3 is 2.57 bits per heavy atom. The Labute approximate surface area is 144 Å². The van der Waals surface area contributed by atoms with Crippen LogP contribution in [0.5, 0.6) is 5.75 Å². The molecular formula is C16H11F3INO2. The van der Waals surface area contributed by atoms with E-state index >= 15 is 0 Å². The monoisotopic (exact) mass is 433 g/mol. The number of carbonyl (C=O) groups excluding carboxylic acids is 1. The maximum atomic E-state index is 13.4. The van der Waals surface area contributed by atoms with Gasteiger partial charge in [0.05, 0.1) is 5.56 Å². The lowest BCUT2D eigenvalue weighted by Gasteiger charge is -2.16. The van der Waals surface area contributed by atoms with Crippen LogP contribution >= 0.6 is 22.6 Å². The van der Waals surface area contributed by atoms with E-state index in [1.54, 1.807) is 17.0 Å². The first-order chi connectivity index (χ1) is 10.9. The number of hydrogen-bond acceptors (Lipinski definition) is 2. The van der Waals surface area contributed by atoms with Gasteiger partial charge in [0.15, 0.2) is 0 Å². The minimum Gasteiger partial charge on any atom is -0.435 e. The van der Waals surface area contributed by atoms with Gasteiger partial charge < -0.3 is 9.64 Å². The Balaban J connectivity index is 1.75. The van der Waals surface area contributed by atoms with E-state index in [0.29, 0.717) is 27.8 Å². The van der Waals surface area contributed by atoms with E-state index in [0.717, 1.165) is 5.56 Å². The molecule has 2 aromatic carbocycles. The summed E-state index contributed by atoms with van der Waals surface area (Å²) in [6.45, 7) is -2.22. The van der Waals surface area contributed by atoms with Crippen molar-refractivity contribution in [3.8, 4) is 5.75 Å². The van der Waals surface area contributed by atoms with Crippen molar-refractivity contribution in [2.75, 3.05) is 0 Å². The summed E-state index contributed by atoms with van der Waals surface area (Å²) in [5, 5.41) is 0. The van der Waals surface area contributed by atoms with Crippen molar-refractivity contribution in [3.63, 3.8) is 0 Å². The van der Waals surface area contributed by atoms with E-state index < -0.39 is 6.61 Å². The molecule has 0 atom stereocenters. The van der Waals surface area contributed by atoms with Crippen molar-refractivity contribution in [2.45, 2.75) is 19.7 Å². The fourth-order valence-electron chi connectivity index (χ4n) is 2.55. The molecule has 1 aliphatic heterocycles. The molecule has 0 saturated carbocycles. The van der Waals surface area contributed by atoms with Crippen LogP contribution in [0.25, 0.3) is 0 Å². The minimum absolute atomic E-state index is 0.0661. The average molecular weight is 433 g/mol. The third kappa shape index (κ3) is 3.44. The van der Waals surface area contributed by atoms with Gasteiger partial charge in [-0.25, -0.2) is 4.39 Å². The van der Waals surface area contributed by atoms with Crippen LogP contribution in [0.15, 0.2) is 36.4 Å². The molecule has 0 aliphatic carbocycles. The third-order valence-electron chi connectivity index (χ3n) is 3.52. The van der Waals surface area contributed by atoms with Crippen LogP contribution < -0.4 is 4.74 Å². The van der Waals surface area contributed by atoms with E-state index in [2.05, 4.69) is 4.74 Å². The van der Waals surface area contributed by atoms with E-state index in [4.69, 9.17) is 0 Å². The number of amides is 1. The second-order valence-corrected chi connectivity index (χ2v) is 6.27. The zero-order valence-corrected chi connectivity index (χ0v) is 13.9. The van der Waals surface area contributed by atoms with Crippen LogP contribution in [0.3, 0.4) is 0 Å². The highest BCUT2D eigenvalue weighted by molar-refractivity contribution is 14.1. The Morgan fingerprint density at radius 1 is 1.22 bits per heavy atom. The van der Waals surface area contributed by atoms with Gasteiger partial charge in [0.1, 0.15) is 11.6 Å². The molecule has 23 heavy (non-hydrogen) atoms. The van der Waals surface area contributed by atoms with Crippen molar-refractivity contribution in [1.82, 2.24) is 4.90 Å². The number of alkyl halides is 2. The maximum Gasteiger partial charge on any atom is 0.387 e. The van der Waals surface area contributed by atoms with Gasteiger partial charge in [0.25, 0.3) is 5.91 Å². The normalized spacial score (nSPS) is 13.6. The Kier molecular flexibility index (Phi) is 4.47. The summed E-state index contributed by atoms with van der Waals surface area (Å²) in [7, 11) is 0. The zero-order valence-electron chi connectivity index (χ0n) is 11.7. The Hall–Kier alpha value is -1.77. The van der Waals surface area contributed by atoms with Crippen LogP contribution in [0, 0.1) is 9.39 Å². The average Bonchev–Trinajstić information content (AvgIpc) is 2.76. The number of carbonyl (C=O) groups is 1. The number of hydrogen-bond donors (Lipinski definition) is 0. The Bertz CT molecular complexity index is 750. The van der Waals surface area contributed by atoms with Crippen LogP contribution in [-0.4, -0.2) is 17.4 Å². The number of nitrogens with zero attached hydrogens (tertiary/aromatic N) is 1. The number of benzene rings is 2. The lowest BCUT2D eigenvalue weighted by atomic mass is 10.1. The molecule has 0 N–H and O–H groups in total. The lowest BCUT2D eigenvalue weighted by Crippen LogP contribution is -2.23. The predicted octanol–water partition coefficient (Wildman–Crippen LogP) is 4.19. The first kappa shape index (κ1) is 16.1. The van der Waals surface area contributed by atoms with Gasteiger partial charge in [-0.2, -0.15) is 8.78 Å². The number of fused-ring (bicyclic) bond motifs is 1. The summed E-state index contributed by atoms with van der Waals surface area (Å²) < 4.78 is 42.5. The van der Waals surface area contributed by atoms with Gasteiger partial charge in [-0.1, -0.05) is 12.1 Å². The zero-order chi connectivity index (χ0) is 16.6. The van der Waals surface area contributed by atoms with Crippen LogP contribution in [-0.2, 0) is 13.1 Å². The van der Waals surface area contributed by atoms with Crippen molar-refractivity contribution in [1.29, 1.82) is 0 Å². The Morgan fingerprint density at radius 2 is 1.91 bits per heavy atom. The van der Waals surface area contributed by atoms with Gasteiger partial charge in [-0.15, -0.1) is 0 Å². The van der Waals surface area contributed by atoms with E-state index in [1.165, 1.54) is 24.3 Å². The highest BCUT2D eigenvalue weighted by Crippen LogP contribution is 2.29. The summed E-state index contributed by atoms with van der Waals surface area (Å²) in [4.78, 5) is 14.0. The molecule has 0 radical (unpaired) electrons. The fraction of sp³-hybridized carbons (Fsp3) is 0.188. The largest absolute Gasteiger partial charge is 0.435 e. The molecule has 0 unspecified atom stereocenters. The van der Waals surface area contributed by atoms with Crippen molar-refractivity contribution >= 4 is 28.5 Å². The summed E-state index contributed by atoms with van der Waals surface area (Å²) in [5.74, 6) is -0.454. The van der Waals surface area contributed by atoms with E-state index in [9.17, 15) is 18.0 Å². The van der Waals surface area contributed by atoms with Gasteiger partial charge in [-0.3, -0.25) is 4.79 Å². The molecule has 0 spiro atoms. The second-order valence-electron chi connectivity index (χ2n) is 5.11. The third-order valence-corrected chi connectivity index (χ3v) is 4.37. The highest BCUT2D eigenvalue weighted by atomic mass is 127. The highest BCUT2D eigenvalue weighted by Gasteiger charge is 2.30. The van der Waals surface area contributed by atoms with Gasteiger partial charge in [0, 0.05) is 16.7 Å². The molecule has 3 rings (SSSR count). The molecular weight excluding hydrogens is 422 g/mol. The summed E-state index contributed by atoms with van der Waals surface area (Å²) in [5.41, 5.74) is 1.98. The molecule has 0 bridgehead atoms. The molecule has 120 valence electrons. The second kappa shape index (κ2) is 6.38. The fourth-order valence-corrected chi connectivity index (χ4v) is 3.43. The van der Waals surface area contributed by atoms with E-state index in [1.807, 2.05) is 22.6 Å². The van der Waals surface area contributed by atoms with Gasteiger partial charge in [0.2, 0.25) is 0 Å². The molecule has 0 saturated heterocycles. The molecule has 7 heteroatoms. The minimum atomic E-state index is -2.87. The number of rotatable bonds is 4. The smallest absolute Gasteiger partial charge is 0.387 e. The maximum absolute atomic E-state index is 13.4. The topological polar surface area (TPSA) is 29.5 Å². The summed E-state index contributed by atoms with van der Waals surface area (Å²) in [6, 6.07) is 8.81. The molecule has 2 aromatic rings. The van der Waals surface area contributed by atoms with Crippen molar-refractivity contribution in [2.24, 2.45) is 0 Å². The van der Waals surface area contributed by atoms with Crippen LogP contribution in [0.4, 0.5) is 13.2 Å². The van der Waals surface area contributed by atoms with Crippen LogP contribution in [0.2, 0.25) is 0 Å². The molecule has 0 aromatic heterocycles. The summed E-state index contributed by atoms with van der Waals surface area (Å²) in [6.07, 6.45) is 0. The van der Waals surface area contributed by atoms with Crippen LogP contribution in [0.1, 0.15) is 21.5 Å². The molecule has 3 nitrogen and oxygen atoms in total. The SMILES string of the molecule is O=C1c2c(I)cc(F)cc2CN1Cc1ccc(OC(F)F)cc1. The first-order valence-electron chi connectivity index (χ1n) is 6.75. The van der Waals surface area contributed by atoms with Gasteiger partial charge >= 0.3 is 6.61 Å². The van der Waals surface area contributed by atoms with E-state index in [-0.39, 0.29) is 17.5 Å². The first-order valence-corrected chi connectivity index (χ1v) is 7.83. The number of ether oxygens (including phenoxy) is 1. The quantitative estimate of drug-likeness (QED) is 0.678. The predicted molar refractivity (Wildman–Crippen MR) is 85.8 cm³/mol. The number of halogens is 4. The molecule has 1 aliphatic rings. The van der Waals surface area contributed by atoms with Gasteiger partial charge in [-0.05, 0) is 58.0 Å². The molecule has 1 amide bonds. The summed E-state index contributed by atoms with van der Waals surface area (Å²) >= 11 is 1.95. The molecule has 0 fully saturated rings. The molecule has 1 heterocycles. The van der Waals surface area contributed by atoms with Crippen molar-refractivity contribution < 1.29 is 22.7 Å². The lowest BCUT2D eigenvalue weighted by molar-refractivity contribution is -0.0498.